The SMILES string of the molecule is COCc1nn(C)c2c1=CNCC=2Nc1cc(C2CCC(OC(=O)NCc3cccnc3)C2)[nH]n1. The number of H-pyrrole nitrogens is 1. The first-order chi connectivity index (χ1) is 17.1. The number of fused-ring (bicyclic) bond motifs is 1. The monoisotopic (exact) mass is 478 g/mol. The van der Waals surface area contributed by atoms with Crippen LogP contribution in [0.25, 0.3) is 11.9 Å². The van der Waals surface area contributed by atoms with Gasteiger partial charge in [0, 0.05) is 62.2 Å². The zero-order valence-electron chi connectivity index (χ0n) is 19.9. The number of amides is 1. The van der Waals surface area contributed by atoms with Gasteiger partial charge < -0.3 is 25.4 Å². The molecular formula is C24H30N8O3. The molecule has 0 radical (unpaired) electrons. The van der Waals surface area contributed by atoms with Crippen LogP contribution in [0.3, 0.4) is 0 Å². The number of hydrogen-bond acceptors (Lipinski definition) is 8. The molecule has 2 unspecified atom stereocenters. The summed E-state index contributed by atoms with van der Waals surface area (Å²) in [5.41, 5.74) is 3.86. The Morgan fingerprint density at radius 2 is 2.26 bits per heavy atom. The second kappa shape index (κ2) is 10.2. The van der Waals surface area contributed by atoms with Crippen LogP contribution in [0.15, 0.2) is 30.6 Å². The first kappa shape index (κ1) is 22.9. The molecule has 2 atom stereocenters. The topological polar surface area (TPSA) is 131 Å². The lowest BCUT2D eigenvalue weighted by Gasteiger charge is -2.13. The number of rotatable bonds is 8. The van der Waals surface area contributed by atoms with Gasteiger partial charge in [0.2, 0.25) is 0 Å². The summed E-state index contributed by atoms with van der Waals surface area (Å²) in [5.74, 6) is 1.01. The highest BCUT2D eigenvalue weighted by atomic mass is 16.6. The molecule has 3 aromatic heterocycles. The molecular weight excluding hydrogens is 448 g/mol. The number of aromatic amines is 1. The summed E-state index contributed by atoms with van der Waals surface area (Å²) in [6.45, 7) is 1.50. The van der Waals surface area contributed by atoms with E-state index in [0.29, 0.717) is 19.7 Å². The number of carbonyl (C=O) groups is 1. The molecule has 2 aliphatic rings. The average Bonchev–Trinajstić information content (AvgIpc) is 3.59. The van der Waals surface area contributed by atoms with Crippen LogP contribution in [0.2, 0.25) is 0 Å². The van der Waals surface area contributed by atoms with Gasteiger partial charge in [-0.25, -0.2) is 4.79 Å². The van der Waals surface area contributed by atoms with Crippen LogP contribution in [-0.4, -0.2) is 50.8 Å². The summed E-state index contributed by atoms with van der Waals surface area (Å²) < 4.78 is 12.8. The molecule has 11 nitrogen and oxygen atoms in total. The van der Waals surface area contributed by atoms with Crippen molar-refractivity contribution in [2.45, 2.75) is 44.4 Å². The van der Waals surface area contributed by atoms with E-state index in [-0.39, 0.29) is 12.0 Å². The van der Waals surface area contributed by atoms with E-state index in [4.69, 9.17) is 9.47 Å². The number of nitrogens with one attached hydrogen (secondary N) is 4. The lowest BCUT2D eigenvalue weighted by atomic mass is 10.0. The number of pyridine rings is 1. The minimum Gasteiger partial charge on any atom is -0.446 e. The fraction of sp³-hybridized carbons (Fsp3) is 0.417. The summed E-state index contributed by atoms with van der Waals surface area (Å²) in [4.78, 5) is 16.3. The zero-order chi connectivity index (χ0) is 24.2. The van der Waals surface area contributed by atoms with Crippen molar-refractivity contribution >= 4 is 23.8 Å². The maximum atomic E-state index is 12.2. The van der Waals surface area contributed by atoms with Crippen LogP contribution in [0.5, 0.6) is 0 Å². The summed E-state index contributed by atoms with van der Waals surface area (Å²) >= 11 is 0. The van der Waals surface area contributed by atoms with Crippen molar-refractivity contribution in [2.75, 3.05) is 19.0 Å². The molecule has 35 heavy (non-hydrogen) atoms. The third-order valence-corrected chi connectivity index (χ3v) is 6.39. The Morgan fingerprint density at radius 1 is 1.34 bits per heavy atom. The molecule has 1 saturated carbocycles. The number of ether oxygens (including phenoxy) is 2. The summed E-state index contributed by atoms with van der Waals surface area (Å²) in [5, 5.41) is 23.8. The third-order valence-electron chi connectivity index (χ3n) is 6.39. The quantitative estimate of drug-likeness (QED) is 0.374. The largest absolute Gasteiger partial charge is 0.446 e. The van der Waals surface area contributed by atoms with E-state index in [1.165, 1.54) is 0 Å². The molecule has 4 heterocycles. The van der Waals surface area contributed by atoms with Crippen LogP contribution in [0.1, 0.15) is 42.1 Å². The van der Waals surface area contributed by atoms with Crippen molar-refractivity contribution in [3.05, 3.63) is 58.1 Å². The number of hydrogen-bond donors (Lipinski definition) is 4. The van der Waals surface area contributed by atoms with Gasteiger partial charge in [0.1, 0.15) is 6.10 Å². The first-order valence-corrected chi connectivity index (χ1v) is 11.7. The molecule has 1 fully saturated rings. The van der Waals surface area contributed by atoms with E-state index < -0.39 is 6.09 Å². The molecule has 0 spiro atoms. The van der Waals surface area contributed by atoms with Gasteiger partial charge in [-0.15, -0.1) is 0 Å². The Hall–Kier alpha value is -3.86. The standard InChI is InChI=1S/C24H30N8O3/c1-32-23-18(21(31-32)14-34-2)12-26-13-20(23)28-22-9-19(29-30-22)16-5-6-17(8-16)35-24(33)27-11-15-4-3-7-25-10-15/h3-4,7,9-10,12,16-17,26H,5-6,8,11,13-14H2,1-2H3,(H,27,33)(H2,28,29,30). The Bertz CT molecular complexity index is 1300. The maximum Gasteiger partial charge on any atom is 0.407 e. The van der Waals surface area contributed by atoms with Crippen LogP contribution >= 0.6 is 0 Å². The molecule has 0 saturated heterocycles. The molecule has 184 valence electrons. The number of alkyl carbamates (subject to hydrolysis) is 1. The summed E-state index contributed by atoms with van der Waals surface area (Å²) in [6, 6.07) is 5.79. The van der Waals surface area contributed by atoms with Crippen molar-refractivity contribution in [2.24, 2.45) is 7.05 Å². The zero-order valence-corrected chi connectivity index (χ0v) is 19.9. The van der Waals surface area contributed by atoms with Gasteiger partial charge >= 0.3 is 6.09 Å². The molecule has 5 rings (SSSR count). The number of nitrogens with zero attached hydrogens (tertiary/aromatic N) is 4. The van der Waals surface area contributed by atoms with Crippen molar-refractivity contribution < 1.29 is 14.3 Å². The smallest absolute Gasteiger partial charge is 0.407 e. The highest BCUT2D eigenvalue weighted by Gasteiger charge is 2.30. The van der Waals surface area contributed by atoms with Gasteiger partial charge in [0.25, 0.3) is 0 Å². The number of carbonyl (C=O) groups excluding carboxylic acids is 1. The van der Waals surface area contributed by atoms with Gasteiger partial charge in [-0.1, -0.05) is 6.07 Å². The number of aryl methyl sites for hydroxylation is 1. The molecule has 11 heteroatoms. The van der Waals surface area contributed by atoms with E-state index >= 15 is 0 Å². The van der Waals surface area contributed by atoms with Crippen molar-refractivity contribution in [1.82, 2.24) is 35.6 Å². The molecule has 3 aromatic rings. The van der Waals surface area contributed by atoms with Crippen LogP contribution in [0.4, 0.5) is 10.6 Å². The van der Waals surface area contributed by atoms with Crippen LogP contribution in [-0.2, 0) is 29.7 Å². The predicted octanol–water partition coefficient (Wildman–Crippen LogP) is 0.809. The second-order valence-electron chi connectivity index (χ2n) is 8.86. The van der Waals surface area contributed by atoms with Crippen molar-refractivity contribution in [1.29, 1.82) is 0 Å². The van der Waals surface area contributed by atoms with Crippen molar-refractivity contribution in [3.8, 4) is 0 Å². The molecule has 1 aliphatic heterocycles. The molecule has 1 amide bonds. The van der Waals surface area contributed by atoms with E-state index in [1.807, 2.05) is 36.1 Å². The highest BCUT2D eigenvalue weighted by Crippen LogP contribution is 2.35. The van der Waals surface area contributed by atoms with E-state index in [2.05, 4.69) is 36.2 Å². The Morgan fingerprint density at radius 3 is 3.09 bits per heavy atom. The fourth-order valence-electron chi connectivity index (χ4n) is 4.76. The molecule has 1 aliphatic carbocycles. The van der Waals surface area contributed by atoms with E-state index in [9.17, 15) is 4.79 Å². The van der Waals surface area contributed by atoms with Gasteiger partial charge in [-0.3, -0.25) is 14.8 Å². The number of methoxy groups -OCH3 is 1. The molecule has 4 N–H and O–H groups in total. The summed E-state index contributed by atoms with van der Waals surface area (Å²) in [7, 11) is 3.60. The molecule has 0 aromatic carbocycles. The minimum absolute atomic E-state index is 0.114. The van der Waals surface area contributed by atoms with E-state index in [0.717, 1.165) is 58.3 Å². The fourth-order valence-corrected chi connectivity index (χ4v) is 4.76. The normalized spacial score (nSPS) is 19.0. The van der Waals surface area contributed by atoms with Gasteiger partial charge in [0.15, 0.2) is 5.82 Å². The summed E-state index contributed by atoms with van der Waals surface area (Å²) in [6.07, 6.45) is 7.41. The van der Waals surface area contributed by atoms with Crippen LogP contribution in [0, 0.1) is 0 Å². The number of anilines is 1. The predicted molar refractivity (Wildman–Crippen MR) is 129 cm³/mol. The Labute approximate surface area is 202 Å². The lowest BCUT2D eigenvalue weighted by molar-refractivity contribution is 0.0996. The lowest BCUT2D eigenvalue weighted by Crippen LogP contribution is -2.41. The third kappa shape index (κ3) is 5.14. The van der Waals surface area contributed by atoms with Crippen molar-refractivity contribution in [3.63, 3.8) is 0 Å². The van der Waals surface area contributed by atoms with Crippen LogP contribution < -0.4 is 26.5 Å². The number of aromatic nitrogens is 5. The van der Waals surface area contributed by atoms with Gasteiger partial charge in [0.05, 0.1) is 29.9 Å². The van der Waals surface area contributed by atoms with Gasteiger partial charge in [-0.05, 0) is 30.9 Å². The molecule has 0 bridgehead atoms. The average molecular weight is 479 g/mol. The Balaban J connectivity index is 1.19. The second-order valence-corrected chi connectivity index (χ2v) is 8.86. The Kier molecular flexibility index (Phi) is 6.66. The minimum atomic E-state index is -0.399. The van der Waals surface area contributed by atoms with Gasteiger partial charge in [-0.2, -0.15) is 10.2 Å². The first-order valence-electron chi connectivity index (χ1n) is 11.7. The maximum absolute atomic E-state index is 12.2. The highest BCUT2D eigenvalue weighted by molar-refractivity contribution is 5.67. The van der Waals surface area contributed by atoms with E-state index in [1.54, 1.807) is 19.5 Å².